The van der Waals surface area contributed by atoms with E-state index in [0.29, 0.717) is 30.2 Å². The molecular weight excluding hydrogens is 338 g/mol. The van der Waals surface area contributed by atoms with Crippen molar-refractivity contribution >= 4 is 17.3 Å². The number of hydrogen-bond donors (Lipinski definition) is 2. The van der Waals surface area contributed by atoms with Crippen LogP contribution in [0.1, 0.15) is 28.4 Å². The molecule has 0 atom stereocenters. The minimum Gasteiger partial charge on any atom is -0.492 e. The summed E-state index contributed by atoms with van der Waals surface area (Å²) in [4.78, 5) is 16.8. The molecule has 3 aromatic rings. The summed E-state index contributed by atoms with van der Waals surface area (Å²) in [6.45, 7) is 5.19. The van der Waals surface area contributed by atoms with Crippen LogP contribution in [0.5, 0.6) is 5.75 Å². The Hall–Kier alpha value is -3.34. The zero-order valence-corrected chi connectivity index (χ0v) is 15.5. The predicted molar refractivity (Wildman–Crippen MR) is 108 cm³/mol. The first-order valence-electron chi connectivity index (χ1n) is 8.94. The third-order valence-corrected chi connectivity index (χ3v) is 4.18. The Morgan fingerprint density at radius 2 is 1.85 bits per heavy atom. The molecule has 3 rings (SSSR count). The molecule has 5 nitrogen and oxygen atoms in total. The number of nitrogens with one attached hydrogen (secondary N) is 2. The van der Waals surface area contributed by atoms with Gasteiger partial charge in [-0.2, -0.15) is 0 Å². The molecule has 0 fully saturated rings. The lowest BCUT2D eigenvalue weighted by Gasteiger charge is -2.12. The van der Waals surface area contributed by atoms with Crippen LogP contribution in [0, 0.1) is 6.92 Å². The molecule has 0 saturated carbocycles. The van der Waals surface area contributed by atoms with Crippen LogP contribution in [0.2, 0.25) is 0 Å². The minimum atomic E-state index is -0.228. The van der Waals surface area contributed by atoms with Gasteiger partial charge in [-0.1, -0.05) is 36.4 Å². The van der Waals surface area contributed by atoms with Crippen molar-refractivity contribution in [3.63, 3.8) is 0 Å². The fourth-order valence-corrected chi connectivity index (χ4v) is 2.71. The lowest BCUT2D eigenvalue weighted by atomic mass is 10.1. The number of nitrogens with zero attached hydrogens (tertiary/aromatic N) is 1. The molecule has 0 aliphatic rings. The van der Waals surface area contributed by atoms with Crippen LogP contribution in [0.25, 0.3) is 0 Å². The standard InChI is InChI=1S/C22H23N3O2/c1-3-27-21-11-7-6-10-20(21)25-22(26)18-12-19(15-23-13-18)24-14-17-9-5-4-8-16(17)2/h4-13,15,24H,3,14H2,1-2H3,(H,25,26). The number of rotatable bonds is 7. The van der Waals surface area contributed by atoms with Gasteiger partial charge >= 0.3 is 0 Å². The van der Waals surface area contributed by atoms with E-state index < -0.39 is 0 Å². The first-order chi connectivity index (χ1) is 13.2. The maximum absolute atomic E-state index is 12.6. The van der Waals surface area contributed by atoms with Crippen molar-refractivity contribution in [1.82, 2.24) is 4.98 Å². The summed E-state index contributed by atoms with van der Waals surface area (Å²) in [6.07, 6.45) is 3.26. The van der Waals surface area contributed by atoms with Crippen LogP contribution < -0.4 is 15.4 Å². The fraction of sp³-hybridized carbons (Fsp3) is 0.182. The summed E-state index contributed by atoms with van der Waals surface area (Å²) in [7, 11) is 0. The Bertz CT molecular complexity index is 925. The fourth-order valence-electron chi connectivity index (χ4n) is 2.71. The van der Waals surface area contributed by atoms with Gasteiger partial charge in [0.1, 0.15) is 5.75 Å². The van der Waals surface area contributed by atoms with Crippen molar-refractivity contribution < 1.29 is 9.53 Å². The average molecular weight is 361 g/mol. The Balaban J connectivity index is 1.70. The predicted octanol–water partition coefficient (Wildman–Crippen LogP) is 4.65. The van der Waals surface area contributed by atoms with Gasteiger partial charge in [0.15, 0.2) is 0 Å². The van der Waals surface area contributed by atoms with Gasteiger partial charge in [-0.3, -0.25) is 9.78 Å². The normalized spacial score (nSPS) is 10.3. The van der Waals surface area contributed by atoms with Gasteiger partial charge in [-0.05, 0) is 43.2 Å². The molecule has 0 saturated heterocycles. The van der Waals surface area contributed by atoms with E-state index in [1.807, 2.05) is 43.3 Å². The van der Waals surface area contributed by atoms with Gasteiger partial charge < -0.3 is 15.4 Å². The lowest BCUT2D eigenvalue weighted by Crippen LogP contribution is -2.14. The number of hydrogen-bond acceptors (Lipinski definition) is 4. The SMILES string of the molecule is CCOc1ccccc1NC(=O)c1cncc(NCc2ccccc2C)c1. The molecule has 0 radical (unpaired) electrons. The molecule has 1 heterocycles. The van der Waals surface area contributed by atoms with Crippen molar-refractivity contribution in [2.45, 2.75) is 20.4 Å². The molecule has 27 heavy (non-hydrogen) atoms. The Morgan fingerprint density at radius 3 is 2.67 bits per heavy atom. The van der Waals surface area contributed by atoms with Gasteiger partial charge in [0.2, 0.25) is 0 Å². The second-order valence-electron chi connectivity index (χ2n) is 6.13. The molecular formula is C22H23N3O2. The number of ether oxygens (including phenoxy) is 1. The molecule has 138 valence electrons. The minimum absolute atomic E-state index is 0.228. The van der Waals surface area contributed by atoms with Gasteiger partial charge in [-0.15, -0.1) is 0 Å². The van der Waals surface area contributed by atoms with Crippen molar-refractivity contribution in [3.8, 4) is 5.75 Å². The molecule has 0 bridgehead atoms. The number of aryl methyl sites for hydroxylation is 1. The summed E-state index contributed by atoms with van der Waals surface area (Å²) in [6, 6.07) is 17.4. The molecule has 1 amide bonds. The average Bonchev–Trinajstić information content (AvgIpc) is 2.69. The number of anilines is 2. The van der Waals surface area contributed by atoms with E-state index >= 15 is 0 Å². The van der Waals surface area contributed by atoms with Gasteiger partial charge in [0.05, 0.1) is 23.5 Å². The molecule has 1 aromatic heterocycles. The molecule has 2 N–H and O–H groups in total. The van der Waals surface area contributed by atoms with E-state index in [9.17, 15) is 4.79 Å². The lowest BCUT2D eigenvalue weighted by molar-refractivity contribution is 0.102. The zero-order valence-electron chi connectivity index (χ0n) is 15.5. The smallest absolute Gasteiger partial charge is 0.257 e. The van der Waals surface area contributed by atoms with E-state index in [-0.39, 0.29) is 5.91 Å². The topological polar surface area (TPSA) is 63.2 Å². The summed E-state index contributed by atoms with van der Waals surface area (Å²) in [5.74, 6) is 0.421. The highest BCUT2D eigenvalue weighted by Crippen LogP contribution is 2.24. The molecule has 0 spiro atoms. The number of carbonyl (C=O) groups excluding carboxylic acids is 1. The first kappa shape index (κ1) is 18.5. The van der Waals surface area contributed by atoms with Crippen LogP contribution in [-0.2, 0) is 6.54 Å². The van der Waals surface area contributed by atoms with Crippen molar-refractivity contribution in [1.29, 1.82) is 0 Å². The second-order valence-corrected chi connectivity index (χ2v) is 6.13. The van der Waals surface area contributed by atoms with Crippen LogP contribution in [0.4, 0.5) is 11.4 Å². The Kier molecular flexibility index (Phi) is 6.05. The quantitative estimate of drug-likeness (QED) is 0.643. The molecule has 0 unspecified atom stereocenters. The van der Waals surface area contributed by atoms with Crippen LogP contribution in [0.3, 0.4) is 0 Å². The molecule has 2 aromatic carbocycles. The Morgan fingerprint density at radius 1 is 1.07 bits per heavy atom. The monoisotopic (exact) mass is 361 g/mol. The van der Waals surface area contributed by atoms with Gasteiger partial charge in [0, 0.05) is 18.9 Å². The van der Waals surface area contributed by atoms with Crippen molar-refractivity contribution in [3.05, 3.63) is 83.7 Å². The third-order valence-electron chi connectivity index (χ3n) is 4.18. The number of pyridine rings is 1. The van der Waals surface area contributed by atoms with E-state index in [0.717, 1.165) is 5.69 Å². The number of carbonyl (C=O) groups is 1. The Labute approximate surface area is 159 Å². The number of amides is 1. The van der Waals surface area contributed by atoms with Gasteiger partial charge in [0.25, 0.3) is 5.91 Å². The zero-order chi connectivity index (χ0) is 19.1. The highest BCUT2D eigenvalue weighted by molar-refractivity contribution is 6.05. The first-order valence-corrected chi connectivity index (χ1v) is 8.94. The maximum Gasteiger partial charge on any atom is 0.257 e. The summed E-state index contributed by atoms with van der Waals surface area (Å²) in [5.41, 5.74) is 4.35. The highest BCUT2D eigenvalue weighted by Gasteiger charge is 2.11. The summed E-state index contributed by atoms with van der Waals surface area (Å²) in [5, 5.41) is 6.22. The van der Waals surface area contributed by atoms with E-state index in [4.69, 9.17) is 4.74 Å². The maximum atomic E-state index is 12.6. The largest absolute Gasteiger partial charge is 0.492 e. The van der Waals surface area contributed by atoms with Crippen molar-refractivity contribution in [2.75, 3.05) is 17.2 Å². The van der Waals surface area contributed by atoms with E-state index in [1.54, 1.807) is 18.5 Å². The van der Waals surface area contributed by atoms with Crippen LogP contribution in [-0.4, -0.2) is 17.5 Å². The second kappa shape index (κ2) is 8.85. The van der Waals surface area contributed by atoms with Crippen molar-refractivity contribution in [2.24, 2.45) is 0 Å². The number of benzene rings is 2. The number of aromatic nitrogens is 1. The summed E-state index contributed by atoms with van der Waals surface area (Å²) >= 11 is 0. The van der Waals surface area contributed by atoms with Crippen LogP contribution >= 0.6 is 0 Å². The van der Waals surface area contributed by atoms with E-state index in [2.05, 4.69) is 34.7 Å². The number of para-hydroxylation sites is 2. The highest BCUT2D eigenvalue weighted by atomic mass is 16.5. The third kappa shape index (κ3) is 4.85. The molecule has 5 heteroatoms. The molecule has 0 aliphatic heterocycles. The molecule has 0 aliphatic carbocycles. The summed E-state index contributed by atoms with van der Waals surface area (Å²) < 4.78 is 5.55. The van der Waals surface area contributed by atoms with Gasteiger partial charge in [-0.25, -0.2) is 0 Å². The van der Waals surface area contributed by atoms with Crippen LogP contribution in [0.15, 0.2) is 67.0 Å². The van der Waals surface area contributed by atoms with E-state index in [1.165, 1.54) is 11.1 Å².